The highest BCUT2D eigenvalue weighted by Gasteiger charge is 2.31. The van der Waals surface area contributed by atoms with Crippen LogP contribution in [-0.4, -0.2) is 34.6 Å². The van der Waals surface area contributed by atoms with Gasteiger partial charge in [0.25, 0.3) is 0 Å². The number of aryl methyl sites for hydroxylation is 8. The van der Waals surface area contributed by atoms with Crippen molar-refractivity contribution >= 4 is 0 Å². The molecule has 0 aliphatic heterocycles. The van der Waals surface area contributed by atoms with E-state index < -0.39 is 0 Å². The molecule has 0 radical (unpaired) electrons. The van der Waals surface area contributed by atoms with Crippen LogP contribution in [0.15, 0.2) is 60.7 Å². The van der Waals surface area contributed by atoms with Gasteiger partial charge < -0.3 is 29.9 Å². The highest BCUT2D eigenvalue weighted by Crippen LogP contribution is 2.49. The van der Waals surface area contributed by atoms with Crippen molar-refractivity contribution in [3.63, 3.8) is 0 Å². The van der Waals surface area contributed by atoms with Crippen LogP contribution in [0.25, 0.3) is 0 Å². The Hall–Kier alpha value is -5.10. The molecular formula is C42H46O6. The van der Waals surface area contributed by atoms with Crippen LogP contribution in [0.2, 0.25) is 0 Å². The lowest BCUT2D eigenvalue weighted by molar-refractivity contribution is 0.393. The molecule has 6 nitrogen and oxygen atoms in total. The van der Waals surface area contributed by atoms with Gasteiger partial charge in [0.15, 0.2) is 0 Å². The minimum absolute atomic E-state index is 0.232. The lowest BCUT2D eigenvalue weighted by atomic mass is 9.76. The standard InChI is InChI=1S/C42H46O6/c1-21-15-35(43)25(5)11-29(21)41(30-12-26(6)36(44)16-22(30)2)33-19-40(48-10)34(20-39(33)47-9)42(31-13-27(7)37(45)17-23(31)3)32-14-28(8)38(46)18-24(32)4/h11-20,41-46H,1-10H3. The molecule has 5 rings (SSSR count). The van der Waals surface area contributed by atoms with Gasteiger partial charge in [-0.05, 0) is 159 Å². The average molecular weight is 647 g/mol. The number of aromatic hydroxyl groups is 4. The molecule has 0 bridgehead atoms. The zero-order valence-electron chi connectivity index (χ0n) is 29.5. The summed E-state index contributed by atoms with van der Waals surface area (Å²) < 4.78 is 12.5. The number of rotatable bonds is 8. The third-order valence-corrected chi connectivity index (χ3v) is 9.79. The summed E-state index contributed by atoms with van der Waals surface area (Å²) in [5, 5.41) is 42.4. The Labute approximate surface area is 283 Å². The van der Waals surface area contributed by atoms with Gasteiger partial charge in [-0.2, -0.15) is 0 Å². The van der Waals surface area contributed by atoms with E-state index in [1.165, 1.54) is 0 Å². The molecule has 0 aromatic heterocycles. The second-order valence-corrected chi connectivity index (χ2v) is 13.2. The highest BCUT2D eigenvalue weighted by molar-refractivity contribution is 5.63. The molecule has 0 aliphatic carbocycles. The van der Waals surface area contributed by atoms with E-state index in [0.29, 0.717) is 11.5 Å². The fraction of sp³-hybridized carbons (Fsp3) is 0.286. The summed E-state index contributed by atoms with van der Waals surface area (Å²) in [5.74, 6) is 1.58. The van der Waals surface area contributed by atoms with E-state index in [9.17, 15) is 20.4 Å². The summed E-state index contributed by atoms with van der Waals surface area (Å²) in [5.41, 5.74) is 12.4. The predicted octanol–water partition coefficient (Wildman–Crippen LogP) is 9.35. The number of ether oxygens (including phenoxy) is 2. The molecule has 6 heteroatoms. The molecule has 0 saturated carbocycles. The quantitative estimate of drug-likeness (QED) is 0.125. The maximum atomic E-state index is 10.6. The van der Waals surface area contributed by atoms with Gasteiger partial charge in [-0.15, -0.1) is 0 Å². The van der Waals surface area contributed by atoms with E-state index in [2.05, 4.69) is 0 Å². The first-order valence-corrected chi connectivity index (χ1v) is 16.1. The van der Waals surface area contributed by atoms with Crippen LogP contribution in [-0.2, 0) is 0 Å². The first-order chi connectivity index (χ1) is 22.7. The van der Waals surface area contributed by atoms with Crippen molar-refractivity contribution < 1.29 is 29.9 Å². The smallest absolute Gasteiger partial charge is 0.123 e. The lowest BCUT2D eigenvalue weighted by Crippen LogP contribution is -2.13. The molecule has 48 heavy (non-hydrogen) atoms. The van der Waals surface area contributed by atoms with Crippen molar-refractivity contribution in [1.29, 1.82) is 0 Å². The van der Waals surface area contributed by atoms with E-state index in [0.717, 1.165) is 77.9 Å². The molecule has 4 N–H and O–H groups in total. The monoisotopic (exact) mass is 646 g/mol. The van der Waals surface area contributed by atoms with Gasteiger partial charge in [-0.3, -0.25) is 0 Å². The molecule has 5 aromatic carbocycles. The van der Waals surface area contributed by atoms with Crippen LogP contribution in [0.4, 0.5) is 0 Å². The van der Waals surface area contributed by atoms with Gasteiger partial charge in [0, 0.05) is 23.0 Å². The lowest BCUT2D eigenvalue weighted by Gasteiger charge is -2.29. The maximum Gasteiger partial charge on any atom is 0.123 e. The minimum Gasteiger partial charge on any atom is -0.508 e. The molecule has 0 saturated heterocycles. The Morgan fingerprint density at radius 1 is 0.333 bits per heavy atom. The van der Waals surface area contributed by atoms with Crippen LogP contribution in [0.3, 0.4) is 0 Å². The van der Waals surface area contributed by atoms with Gasteiger partial charge in [0.05, 0.1) is 14.2 Å². The molecule has 0 heterocycles. The van der Waals surface area contributed by atoms with Crippen LogP contribution in [0, 0.1) is 55.4 Å². The van der Waals surface area contributed by atoms with Crippen LogP contribution in [0.5, 0.6) is 34.5 Å². The van der Waals surface area contributed by atoms with E-state index in [-0.39, 0.29) is 34.8 Å². The topological polar surface area (TPSA) is 99.4 Å². The Bertz CT molecular complexity index is 1780. The minimum atomic E-state index is -0.324. The van der Waals surface area contributed by atoms with Gasteiger partial charge >= 0.3 is 0 Å². The van der Waals surface area contributed by atoms with Crippen LogP contribution in [0.1, 0.15) is 89.7 Å². The fourth-order valence-corrected chi connectivity index (χ4v) is 6.94. The van der Waals surface area contributed by atoms with E-state index in [1.54, 1.807) is 38.5 Å². The molecule has 0 spiro atoms. The summed E-state index contributed by atoms with van der Waals surface area (Å²) in [6.07, 6.45) is 0. The summed E-state index contributed by atoms with van der Waals surface area (Å²) >= 11 is 0. The second kappa shape index (κ2) is 13.2. The van der Waals surface area contributed by atoms with Crippen molar-refractivity contribution in [2.24, 2.45) is 0 Å². The number of phenols is 4. The van der Waals surface area contributed by atoms with Gasteiger partial charge in [-0.1, -0.05) is 24.3 Å². The molecule has 0 fully saturated rings. The zero-order valence-corrected chi connectivity index (χ0v) is 29.5. The number of methoxy groups -OCH3 is 2. The average Bonchev–Trinajstić information content (AvgIpc) is 3.03. The van der Waals surface area contributed by atoms with Crippen molar-refractivity contribution in [1.82, 2.24) is 0 Å². The Kier molecular flexibility index (Phi) is 9.41. The Morgan fingerprint density at radius 2 is 0.562 bits per heavy atom. The first kappa shape index (κ1) is 34.2. The summed E-state index contributed by atoms with van der Waals surface area (Å²) in [6.45, 7) is 15.5. The van der Waals surface area contributed by atoms with Crippen LogP contribution < -0.4 is 9.47 Å². The number of benzene rings is 5. The van der Waals surface area contributed by atoms with Gasteiger partial charge in [-0.25, -0.2) is 0 Å². The maximum absolute atomic E-state index is 10.6. The SMILES string of the molecule is COc1cc(C(c2cc(C)c(O)cc2C)c2cc(C)c(O)cc2C)c(OC)cc1C(c1cc(C)c(O)cc1C)c1cc(C)c(O)cc1C. The van der Waals surface area contributed by atoms with Gasteiger partial charge in [0.1, 0.15) is 34.5 Å². The molecule has 250 valence electrons. The van der Waals surface area contributed by atoms with Gasteiger partial charge in [0.2, 0.25) is 0 Å². The van der Waals surface area contributed by atoms with E-state index >= 15 is 0 Å². The Morgan fingerprint density at radius 3 is 0.771 bits per heavy atom. The van der Waals surface area contributed by atoms with Crippen molar-refractivity contribution in [2.75, 3.05) is 14.2 Å². The van der Waals surface area contributed by atoms with Crippen LogP contribution >= 0.6 is 0 Å². The summed E-state index contributed by atoms with van der Waals surface area (Å²) in [7, 11) is 3.33. The van der Waals surface area contributed by atoms with E-state index in [4.69, 9.17) is 9.47 Å². The predicted molar refractivity (Wildman–Crippen MR) is 192 cm³/mol. The molecule has 5 aromatic rings. The second-order valence-electron chi connectivity index (χ2n) is 13.2. The normalized spacial score (nSPS) is 11.4. The molecule has 0 amide bonds. The van der Waals surface area contributed by atoms with Crippen molar-refractivity contribution in [2.45, 2.75) is 67.2 Å². The third-order valence-electron chi connectivity index (χ3n) is 9.79. The highest BCUT2D eigenvalue weighted by atomic mass is 16.5. The summed E-state index contributed by atoms with van der Waals surface area (Å²) in [6, 6.07) is 19.3. The number of hydrogen-bond acceptors (Lipinski definition) is 6. The molecule has 0 atom stereocenters. The number of hydrogen-bond donors (Lipinski definition) is 4. The molecule has 0 unspecified atom stereocenters. The zero-order chi connectivity index (χ0) is 35.2. The van der Waals surface area contributed by atoms with Crippen molar-refractivity contribution in [3.05, 3.63) is 139 Å². The third kappa shape index (κ3) is 6.15. The Balaban J connectivity index is 1.88. The first-order valence-electron chi connectivity index (χ1n) is 16.1. The fourth-order valence-electron chi connectivity index (χ4n) is 6.94. The largest absolute Gasteiger partial charge is 0.508 e. The van der Waals surface area contributed by atoms with E-state index in [1.807, 2.05) is 91.8 Å². The molecular weight excluding hydrogens is 600 g/mol. The summed E-state index contributed by atoms with van der Waals surface area (Å²) in [4.78, 5) is 0. The molecule has 0 aliphatic rings. The number of phenolic OH excluding ortho intramolecular Hbond substituents is 4. The van der Waals surface area contributed by atoms with Crippen molar-refractivity contribution in [3.8, 4) is 34.5 Å².